The Morgan fingerprint density at radius 1 is 1.29 bits per heavy atom. The second-order valence-electron chi connectivity index (χ2n) is 5.34. The zero-order chi connectivity index (χ0) is 16.2. The van der Waals surface area contributed by atoms with Crippen molar-refractivity contribution in [2.45, 2.75) is 53.1 Å². The number of carboxylic acid groups (broad SMARTS) is 1. The minimum Gasteiger partial charge on any atom is -0.490 e. The van der Waals surface area contributed by atoms with Gasteiger partial charge in [0.15, 0.2) is 5.78 Å². The molecule has 0 fully saturated rings. The highest BCUT2D eigenvalue weighted by Gasteiger charge is 2.21. The van der Waals surface area contributed by atoms with Crippen LogP contribution in [0.25, 0.3) is 0 Å². The van der Waals surface area contributed by atoms with Crippen molar-refractivity contribution in [3.8, 4) is 5.75 Å². The maximum Gasteiger partial charge on any atom is 0.303 e. The highest BCUT2D eigenvalue weighted by molar-refractivity contribution is 6.32. The summed E-state index contributed by atoms with van der Waals surface area (Å²) >= 11 is 6.15. The van der Waals surface area contributed by atoms with Crippen molar-refractivity contribution in [3.63, 3.8) is 0 Å². The van der Waals surface area contributed by atoms with Gasteiger partial charge in [0.2, 0.25) is 0 Å². The molecule has 0 aromatic heterocycles. The van der Waals surface area contributed by atoms with Gasteiger partial charge in [-0.15, -0.1) is 0 Å². The van der Waals surface area contributed by atoms with Gasteiger partial charge in [-0.3, -0.25) is 9.59 Å². The Morgan fingerprint density at radius 2 is 1.90 bits per heavy atom. The van der Waals surface area contributed by atoms with E-state index >= 15 is 0 Å². The van der Waals surface area contributed by atoms with Gasteiger partial charge in [-0.1, -0.05) is 11.6 Å². The zero-order valence-electron chi connectivity index (χ0n) is 12.8. The summed E-state index contributed by atoms with van der Waals surface area (Å²) < 4.78 is 5.76. The first-order chi connectivity index (χ1) is 9.73. The summed E-state index contributed by atoms with van der Waals surface area (Å²) in [6.45, 7) is 7.40. The summed E-state index contributed by atoms with van der Waals surface area (Å²) in [5.41, 5.74) is 1.96. The molecule has 0 aliphatic rings. The average molecular weight is 313 g/mol. The second-order valence-corrected chi connectivity index (χ2v) is 5.75. The maximum absolute atomic E-state index is 12.4. The summed E-state index contributed by atoms with van der Waals surface area (Å²) in [5, 5.41) is 9.17. The highest BCUT2D eigenvalue weighted by atomic mass is 35.5. The quantitative estimate of drug-likeness (QED) is 0.767. The van der Waals surface area contributed by atoms with Crippen LogP contribution in [0.1, 0.15) is 54.6 Å². The number of hydrogen-bond acceptors (Lipinski definition) is 3. The molecule has 0 heterocycles. The van der Waals surface area contributed by atoms with Crippen molar-refractivity contribution >= 4 is 23.4 Å². The Morgan fingerprint density at radius 3 is 2.43 bits per heavy atom. The number of hydrogen-bond donors (Lipinski definition) is 1. The van der Waals surface area contributed by atoms with Gasteiger partial charge in [0.1, 0.15) is 5.75 Å². The standard InChI is InChI=1S/C16H21ClO4/c1-9(2)21-16-10(3)8-12(17)11(4)15(16)13(18)6-5-7-14(19)20/h8-9H,5-7H2,1-4H3,(H,19,20). The molecule has 1 aromatic carbocycles. The SMILES string of the molecule is Cc1cc(Cl)c(C)c(C(=O)CCCC(=O)O)c1OC(C)C. The van der Waals surface area contributed by atoms with E-state index in [0.717, 1.165) is 5.56 Å². The normalized spacial score (nSPS) is 10.8. The molecule has 0 bridgehead atoms. The van der Waals surface area contributed by atoms with E-state index in [-0.39, 0.29) is 24.7 Å². The Kier molecular flexibility index (Phi) is 6.21. The van der Waals surface area contributed by atoms with Crippen molar-refractivity contribution in [1.29, 1.82) is 0 Å². The molecule has 21 heavy (non-hydrogen) atoms. The molecule has 0 spiro atoms. The topological polar surface area (TPSA) is 63.6 Å². The molecular weight excluding hydrogens is 292 g/mol. The number of aliphatic carboxylic acids is 1. The number of Topliss-reactive ketones (excluding diaryl/α,β-unsaturated/α-hetero) is 1. The fourth-order valence-corrected chi connectivity index (χ4v) is 2.36. The molecule has 0 atom stereocenters. The van der Waals surface area contributed by atoms with Gasteiger partial charge >= 0.3 is 5.97 Å². The van der Waals surface area contributed by atoms with Crippen molar-refractivity contribution in [2.24, 2.45) is 0 Å². The predicted molar refractivity (Wildman–Crippen MR) is 82.5 cm³/mol. The maximum atomic E-state index is 12.4. The molecule has 116 valence electrons. The van der Waals surface area contributed by atoms with Gasteiger partial charge in [-0.25, -0.2) is 0 Å². The Balaban J connectivity index is 3.12. The van der Waals surface area contributed by atoms with Crippen LogP contribution in [-0.2, 0) is 4.79 Å². The van der Waals surface area contributed by atoms with E-state index < -0.39 is 5.97 Å². The number of halogens is 1. The number of ether oxygens (including phenoxy) is 1. The molecule has 0 amide bonds. The Bertz CT molecular complexity index is 550. The monoisotopic (exact) mass is 312 g/mol. The smallest absolute Gasteiger partial charge is 0.303 e. The molecule has 1 N–H and O–H groups in total. The van der Waals surface area contributed by atoms with Gasteiger partial charge in [0.05, 0.1) is 11.7 Å². The molecule has 0 saturated heterocycles. The van der Waals surface area contributed by atoms with Gasteiger partial charge < -0.3 is 9.84 Å². The first-order valence-electron chi connectivity index (χ1n) is 6.95. The molecule has 0 aliphatic heterocycles. The third-order valence-electron chi connectivity index (χ3n) is 3.09. The summed E-state index contributed by atoms with van der Waals surface area (Å²) in [6, 6.07) is 1.78. The van der Waals surface area contributed by atoms with Crippen LogP contribution in [0.2, 0.25) is 5.02 Å². The molecule has 0 aliphatic carbocycles. The molecule has 1 aromatic rings. The van der Waals surface area contributed by atoms with E-state index in [4.69, 9.17) is 21.4 Å². The lowest BCUT2D eigenvalue weighted by Gasteiger charge is -2.19. The van der Waals surface area contributed by atoms with E-state index in [1.54, 1.807) is 13.0 Å². The fourth-order valence-electron chi connectivity index (χ4n) is 2.10. The second kappa shape index (κ2) is 7.46. The summed E-state index contributed by atoms with van der Waals surface area (Å²) in [5.74, 6) is -0.484. The van der Waals surface area contributed by atoms with E-state index in [1.807, 2.05) is 20.8 Å². The van der Waals surface area contributed by atoms with Crippen LogP contribution in [0.4, 0.5) is 0 Å². The largest absolute Gasteiger partial charge is 0.490 e. The van der Waals surface area contributed by atoms with Gasteiger partial charge in [-0.2, -0.15) is 0 Å². The van der Waals surface area contributed by atoms with Crippen molar-refractivity contribution in [1.82, 2.24) is 0 Å². The van der Waals surface area contributed by atoms with Crippen molar-refractivity contribution in [2.75, 3.05) is 0 Å². The molecule has 0 unspecified atom stereocenters. The number of benzene rings is 1. The highest BCUT2D eigenvalue weighted by Crippen LogP contribution is 2.34. The number of carboxylic acids is 1. The summed E-state index contributed by atoms with van der Waals surface area (Å²) in [6.07, 6.45) is 0.390. The first kappa shape index (κ1) is 17.5. The van der Waals surface area contributed by atoms with E-state index in [0.29, 0.717) is 28.3 Å². The summed E-state index contributed by atoms with van der Waals surface area (Å²) in [7, 11) is 0. The lowest BCUT2D eigenvalue weighted by Crippen LogP contribution is -2.13. The number of rotatable bonds is 7. The van der Waals surface area contributed by atoms with E-state index in [1.165, 1.54) is 0 Å². The van der Waals surface area contributed by atoms with Crippen LogP contribution >= 0.6 is 11.6 Å². The van der Waals surface area contributed by atoms with E-state index in [9.17, 15) is 9.59 Å². The lowest BCUT2D eigenvalue weighted by molar-refractivity contribution is -0.137. The van der Waals surface area contributed by atoms with Crippen molar-refractivity contribution in [3.05, 3.63) is 27.8 Å². The zero-order valence-corrected chi connectivity index (χ0v) is 13.6. The average Bonchev–Trinajstić information content (AvgIpc) is 2.35. The van der Waals surface area contributed by atoms with Crippen molar-refractivity contribution < 1.29 is 19.4 Å². The Labute approximate surface area is 130 Å². The van der Waals surface area contributed by atoms with E-state index in [2.05, 4.69) is 0 Å². The number of aryl methyl sites for hydroxylation is 1. The molecular formula is C16H21ClO4. The van der Waals surface area contributed by atoms with Crippen LogP contribution in [0.5, 0.6) is 5.75 Å². The first-order valence-corrected chi connectivity index (χ1v) is 7.33. The predicted octanol–water partition coefficient (Wildman–Crippen LogP) is 4.18. The van der Waals surface area contributed by atoms with Gasteiger partial charge in [0.25, 0.3) is 0 Å². The van der Waals surface area contributed by atoms with Crippen LogP contribution < -0.4 is 4.74 Å². The third-order valence-corrected chi connectivity index (χ3v) is 3.48. The fraction of sp³-hybridized carbons (Fsp3) is 0.500. The Hall–Kier alpha value is -1.55. The van der Waals surface area contributed by atoms with Crippen LogP contribution in [0.3, 0.4) is 0 Å². The number of carbonyl (C=O) groups excluding carboxylic acids is 1. The van der Waals surface area contributed by atoms with Gasteiger partial charge in [0, 0.05) is 17.9 Å². The van der Waals surface area contributed by atoms with Crippen LogP contribution in [0.15, 0.2) is 6.07 Å². The lowest BCUT2D eigenvalue weighted by atomic mass is 9.97. The third kappa shape index (κ3) is 4.74. The molecule has 0 saturated carbocycles. The molecule has 5 heteroatoms. The number of ketones is 1. The molecule has 0 radical (unpaired) electrons. The van der Waals surface area contributed by atoms with Crippen LogP contribution in [0, 0.1) is 13.8 Å². The minimum atomic E-state index is -0.902. The molecule has 1 rings (SSSR count). The number of carbonyl (C=O) groups is 2. The minimum absolute atomic E-state index is 0.0231. The van der Waals surface area contributed by atoms with Crippen LogP contribution in [-0.4, -0.2) is 23.0 Å². The van der Waals surface area contributed by atoms with Gasteiger partial charge in [-0.05, 0) is 51.3 Å². The molecule has 4 nitrogen and oxygen atoms in total. The summed E-state index contributed by atoms with van der Waals surface area (Å²) in [4.78, 5) is 23.0.